The lowest BCUT2D eigenvalue weighted by Gasteiger charge is -2.43. The number of nitrogens with zero attached hydrogens (tertiary/aromatic N) is 3. The summed E-state index contributed by atoms with van der Waals surface area (Å²) in [5.41, 5.74) is 5.40. The molecule has 2 atom stereocenters. The molecule has 0 radical (unpaired) electrons. The van der Waals surface area contributed by atoms with E-state index in [-0.39, 0.29) is 12.1 Å². The summed E-state index contributed by atoms with van der Waals surface area (Å²) >= 11 is 0.539. The number of aromatic nitrogens is 2. The highest BCUT2D eigenvalue weighted by Gasteiger charge is 2.34. The lowest BCUT2D eigenvalue weighted by molar-refractivity contribution is 0.271. The number of imidazole rings is 1. The smallest absolute Gasteiger partial charge is 0.140 e. The average Bonchev–Trinajstić information content (AvgIpc) is 3.13. The van der Waals surface area contributed by atoms with Crippen molar-refractivity contribution in [3.05, 3.63) is 60.7 Å². The number of para-hydroxylation sites is 3. The molecule has 3 aromatic rings. The first-order valence-electron chi connectivity index (χ1n) is 9.38. The number of aromatic amines is 1. The second kappa shape index (κ2) is 7.73. The van der Waals surface area contributed by atoms with Gasteiger partial charge in [-0.25, -0.2) is 9.19 Å². The Morgan fingerprint density at radius 3 is 2.82 bits per heavy atom. The van der Waals surface area contributed by atoms with Crippen LogP contribution in [-0.2, 0) is 11.3 Å². The Morgan fingerprint density at radius 1 is 1.29 bits per heavy atom. The fourth-order valence-corrected chi connectivity index (χ4v) is 4.51. The Balaban J connectivity index is 1.95. The molecule has 1 aliphatic rings. The van der Waals surface area contributed by atoms with Crippen molar-refractivity contribution in [3.8, 4) is 11.4 Å². The SMILES string of the molecule is C=CCN1c2c(-c3nc4ccccc4[nH]3)cccc2C(N(C)C)CC1C=S=O. The molecule has 2 heterocycles. The first-order valence-corrected chi connectivity index (χ1v) is 10.2. The number of rotatable bonds is 5. The molecule has 144 valence electrons. The largest absolute Gasteiger partial charge is 0.360 e. The number of hydrogen-bond acceptors (Lipinski definition) is 4. The molecule has 2 unspecified atom stereocenters. The minimum absolute atomic E-state index is 0.0333. The fourth-order valence-electron chi connectivity index (χ4n) is 4.12. The van der Waals surface area contributed by atoms with Crippen LogP contribution in [0.5, 0.6) is 0 Å². The Labute approximate surface area is 168 Å². The van der Waals surface area contributed by atoms with Crippen molar-refractivity contribution in [3.63, 3.8) is 0 Å². The predicted molar refractivity (Wildman–Crippen MR) is 118 cm³/mol. The van der Waals surface area contributed by atoms with Gasteiger partial charge in [-0.1, -0.05) is 30.3 Å². The van der Waals surface area contributed by atoms with Crippen LogP contribution >= 0.6 is 0 Å². The Bertz CT molecular complexity index is 1030. The van der Waals surface area contributed by atoms with Crippen LogP contribution in [0.15, 0.2) is 55.1 Å². The van der Waals surface area contributed by atoms with Crippen LogP contribution in [0.4, 0.5) is 5.69 Å². The van der Waals surface area contributed by atoms with E-state index in [1.807, 2.05) is 30.3 Å². The van der Waals surface area contributed by atoms with Crippen LogP contribution in [0, 0.1) is 0 Å². The molecular formula is C22H24N4OS. The summed E-state index contributed by atoms with van der Waals surface area (Å²) in [6, 6.07) is 14.7. The third-order valence-electron chi connectivity index (χ3n) is 5.38. The van der Waals surface area contributed by atoms with Crippen LogP contribution in [-0.4, -0.2) is 51.1 Å². The van der Waals surface area contributed by atoms with Crippen LogP contribution in [0.3, 0.4) is 0 Å². The minimum atomic E-state index is 0.0333. The highest BCUT2D eigenvalue weighted by molar-refractivity contribution is 7.65. The Hall–Kier alpha value is -2.70. The number of H-pyrrole nitrogens is 1. The number of anilines is 1. The topological polar surface area (TPSA) is 52.2 Å². The van der Waals surface area contributed by atoms with Crippen LogP contribution in [0.25, 0.3) is 22.4 Å². The molecule has 0 bridgehead atoms. The molecule has 0 aliphatic carbocycles. The first-order chi connectivity index (χ1) is 13.6. The van der Waals surface area contributed by atoms with E-state index >= 15 is 0 Å². The van der Waals surface area contributed by atoms with E-state index in [0.717, 1.165) is 34.5 Å². The van der Waals surface area contributed by atoms with Crippen LogP contribution in [0.1, 0.15) is 18.0 Å². The van der Waals surface area contributed by atoms with Crippen molar-refractivity contribution >= 4 is 33.3 Å². The maximum Gasteiger partial charge on any atom is 0.140 e. The highest BCUT2D eigenvalue weighted by atomic mass is 32.1. The summed E-state index contributed by atoms with van der Waals surface area (Å²) in [7, 11) is 4.18. The maximum atomic E-state index is 11.4. The number of nitrogens with one attached hydrogen (secondary N) is 1. The molecule has 5 nitrogen and oxygen atoms in total. The molecule has 0 saturated carbocycles. The molecule has 6 heteroatoms. The lowest BCUT2D eigenvalue weighted by Crippen LogP contribution is -2.44. The summed E-state index contributed by atoms with van der Waals surface area (Å²) in [5, 5.41) is 1.79. The molecule has 2 aromatic carbocycles. The molecular weight excluding hydrogens is 368 g/mol. The van der Waals surface area contributed by atoms with Crippen molar-refractivity contribution in [1.82, 2.24) is 14.9 Å². The maximum absolute atomic E-state index is 11.4. The van der Waals surface area contributed by atoms with E-state index in [4.69, 9.17) is 4.98 Å². The number of benzene rings is 2. The van der Waals surface area contributed by atoms with Gasteiger partial charge in [-0.05, 0) is 44.3 Å². The molecule has 28 heavy (non-hydrogen) atoms. The van der Waals surface area contributed by atoms with Gasteiger partial charge in [0.2, 0.25) is 0 Å². The summed E-state index contributed by atoms with van der Waals surface area (Å²) in [6.45, 7) is 4.61. The van der Waals surface area contributed by atoms with Gasteiger partial charge in [-0.3, -0.25) is 0 Å². The van der Waals surface area contributed by atoms with E-state index in [1.54, 1.807) is 5.37 Å². The van der Waals surface area contributed by atoms with Gasteiger partial charge in [-0.2, -0.15) is 0 Å². The average molecular weight is 393 g/mol. The van der Waals surface area contributed by atoms with Crippen molar-refractivity contribution in [2.45, 2.75) is 18.5 Å². The van der Waals surface area contributed by atoms with E-state index < -0.39 is 0 Å². The van der Waals surface area contributed by atoms with Gasteiger partial charge in [-0.15, -0.1) is 6.58 Å². The fraction of sp³-hybridized carbons (Fsp3) is 0.273. The van der Waals surface area contributed by atoms with Crippen molar-refractivity contribution < 1.29 is 4.21 Å². The van der Waals surface area contributed by atoms with E-state index in [2.05, 4.69) is 53.7 Å². The summed E-state index contributed by atoms with van der Waals surface area (Å²) < 4.78 is 11.4. The van der Waals surface area contributed by atoms with Gasteiger partial charge >= 0.3 is 0 Å². The first kappa shape index (κ1) is 18.7. The summed E-state index contributed by atoms with van der Waals surface area (Å²) in [5.74, 6) is 0.847. The van der Waals surface area contributed by atoms with Gasteiger partial charge in [0.05, 0.1) is 34.0 Å². The van der Waals surface area contributed by atoms with Gasteiger partial charge in [0, 0.05) is 23.5 Å². The summed E-state index contributed by atoms with van der Waals surface area (Å²) in [6.07, 6.45) is 2.76. The second-order valence-electron chi connectivity index (χ2n) is 7.30. The van der Waals surface area contributed by atoms with Crippen LogP contribution in [0.2, 0.25) is 0 Å². The van der Waals surface area contributed by atoms with E-state index in [1.165, 1.54) is 5.56 Å². The normalized spacial score (nSPS) is 18.9. The van der Waals surface area contributed by atoms with Gasteiger partial charge < -0.3 is 14.8 Å². The molecule has 0 spiro atoms. The Kier molecular flexibility index (Phi) is 5.15. The molecule has 0 saturated heterocycles. The third-order valence-corrected chi connectivity index (χ3v) is 5.81. The number of fused-ring (bicyclic) bond motifs is 2. The van der Waals surface area contributed by atoms with E-state index in [9.17, 15) is 4.21 Å². The predicted octanol–water partition coefficient (Wildman–Crippen LogP) is 3.61. The standard InChI is InChI=1S/C22H24N4OS/c1-4-12-26-15(14-28-27)13-20(25(2)3)16-8-7-9-17(21(16)26)22-23-18-10-5-6-11-19(18)24-22/h4-11,14-15,20H,1,12-13H2,2-3H3,(H,23,24). The second-order valence-corrected chi connectivity index (χ2v) is 7.77. The molecule has 1 N–H and O–H groups in total. The van der Waals surface area contributed by atoms with Gasteiger partial charge in [0.25, 0.3) is 0 Å². The van der Waals surface area contributed by atoms with Crippen molar-refractivity contribution in [2.24, 2.45) is 0 Å². The van der Waals surface area contributed by atoms with Crippen molar-refractivity contribution in [2.75, 3.05) is 25.5 Å². The van der Waals surface area contributed by atoms with E-state index in [0.29, 0.717) is 17.8 Å². The Morgan fingerprint density at radius 2 is 2.11 bits per heavy atom. The molecule has 0 fully saturated rings. The molecule has 1 aromatic heterocycles. The van der Waals surface area contributed by atoms with Gasteiger partial charge in [0.15, 0.2) is 0 Å². The molecule has 1 aliphatic heterocycles. The zero-order valence-corrected chi connectivity index (χ0v) is 16.9. The highest BCUT2D eigenvalue weighted by Crippen LogP contribution is 2.44. The zero-order chi connectivity index (χ0) is 19.7. The zero-order valence-electron chi connectivity index (χ0n) is 16.1. The lowest BCUT2D eigenvalue weighted by atomic mass is 9.88. The quantitative estimate of drug-likeness (QED) is 0.532. The number of hydrogen-bond donors (Lipinski definition) is 1. The van der Waals surface area contributed by atoms with Crippen molar-refractivity contribution in [1.29, 1.82) is 0 Å². The minimum Gasteiger partial charge on any atom is -0.360 e. The monoisotopic (exact) mass is 392 g/mol. The molecule has 4 rings (SSSR count). The van der Waals surface area contributed by atoms with Crippen LogP contribution < -0.4 is 4.90 Å². The van der Waals surface area contributed by atoms with Gasteiger partial charge in [0.1, 0.15) is 5.82 Å². The summed E-state index contributed by atoms with van der Waals surface area (Å²) in [4.78, 5) is 12.8. The molecule has 0 amide bonds. The third kappa shape index (κ3) is 3.19.